The van der Waals surface area contributed by atoms with E-state index in [1.54, 1.807) is 14.2 Å². The van der Waals surface area contributed by atoms with Crippen LogP contribution in [0.1, 0.15) is 15.9 Å². The van der Waals surface area contributed by atoms with E-state index in [-0.39, 0.29) is 24.3 Å². The number of aliphatic hydroxyl groups excluding tert-OH is 1. The molecule has 0 unspecified atom stereocenters. The minimum atomic E-state index is 0.0284. The van der Waals surface area contributed by atoms with Crippen LogP contribution in [-0.4, -0.2) is 81.5 Å². The SMILES string of the molecule is COCCN(C)C[C@@H]1CN(C(=O)c2ccc(OC)cc2C)C[C@@H]1CO. The Morgan fingerprint density at radius 1 is 1.32 bits per heavy atom. The third-order valence-electron chi connectivity index (χ3n) is 4.99. The highest BCUT2D eigenvalue weighted by Crippen LogP contribution is 2.27. The summed E-state index contributed by atoms with van der Waals surface area (Å²) in [6, 6.07) is 5.52. The summed E-state index contributed by atoms with van der Waals surface area (Å²) < 4.78 is 10.3. The van der Waals surface area contributed by atoms with Crippen LogP contribution >= 0.6 is 0 Å². The Balaban J connectivity index is 2.04. The van der Waals surface area contributed by atoms with Crippen molar-refractivity contribution < 1.29 is 19.4 Å². The Labute approximate surface area is 150 Å². The zero-order valence-electron chi connectivity index (χ0n) is 15.7. The van der Waals surface area contributed by atoms with Crippen molar-refractivity contribution in [2.75, 3.05) is 60.7 Å². The Bertz CT molecular complexity index is 579. The second-order valence-electron chi connectivity index (χ2n) is 6.85. The minimum absolute atomic E-state index is 0.0284. The van der Waals surface area contributed by atoms with Crippen molar-refractivity contribution in [3.63, 3.8) is 0 Å². The largest absolute Gasteiger partial charge is 0.497 e. The number of carbonyl (C=O) groups is 1. The maximum atomic E-state index is 12.9. The van der Waals surface area contributed by atoms with Gasteiger partial charge >= 0.3 is 0 Å². The lowest BCUT2D eigenvalue weighted by atomic mass is 9.96. The average Bonchev–Trinajstić information content (AvgIpc) is 3.02. The molecule has 2 rings (SSSR count). The molecule has 0 bridgehead atoms. The molecule has 1 aromatic rings. The molecule has 2 atom stereocenters. The molecule has 1 heterocycles. The molecule has 1 saturated heterocycles. The summed E-state index contributed by atoms with van der Waals surface area (Å²) in [5, 5.41) is 9.72. The predicted octanol–water partition coefficient (Wildman–Crippen LogP) is 1.26. The van der Waals surface area contributed by atoms with Crippen LogP contribution in [0.4, 0.5) is 0 Å². The lowest BCUT2D eigenvalue weighted by Crippen LogP contribution is -2.34. The normalized spacial score (nSPS) is 20.3. The number of likely N-dealkylation sites (tertiary alicyclic amines) is 1. The maximum Gasteiger partial charge on any atom is 0.254 e. The van der Waals surface area contributed by atoms with Crippen LogP contribution in [0.25, 0.3) is 0 Å². The van der Waals surface area contributed by atoms with Crippen molar-refractivity contribution in [3.05, 3.63) is 29.3 Å². The highest BCUT2D eigenvalue weighted by atomic mass is 16.5. The van der Waals surface area contributed by atoms with E-state index >= 15 is 0 Å². The van der Waals surface area contributed by atoms with Crippen molar-refractivity contribution in [2.45, 2.75) is 6.92 Å². The standard InChI is InChI=1S/C19H30N2O4/c1-14-9-17(25-4)5-6-18(14)19(23)21-11-15(16(12-21)13-22)10-20(2)7-8-24-3/h5-6,9,15-16,22H,7-8,10-13H2,1-4H3/t15-,16-/m1/s1. The van der Waals surface area contributed by atoms with E-state index in [0.717, 1.165) is 24.4 Å². The molecular formula is C19H30N2O4. The van der Waals surface area contributed by atoms with Gasteiger partial charge in [-0.25, -0.2) is 0 Å². The first-order valence-corrected chi connectivity index (χ1v) is 8.72. The molecular weight excluding hydrogens is 320 g/mol. The Morgan fingerprint density at radius 3 is 2.64 bits per heavy atom. The molecule has 1 N–H and O–H groups in total. The van der Waals surface area contributed by atoms with Crippen LogP contribution in [0.3, 0.4) is 0 Å². The molecule has 0 aliphatic carbocycles. The smallest absolute Gasteiger partial charge is 0.254 e. The second-order valence-corrected chi connectivity index (χ2v) is 6.85. The number of likely N-dealkylation sites (N-methyl/N-ethyl adjacent to an activating group) is 1. The van der Waals surface area contributed by atoms with Crippen LogP contribution in [0, 0.1) is 18.8 Å². The lowest BCUT2D eigenvalue weighted by Gasteiger charge is -2.23. The van der Waals surface area contributed by atoms with Gasteiger partial charge in [-0.05, 0) is 43.7 Å². The molecule has 0 spiro atoms. The number of hydrogen-bond donors (Lipinski definition) is 1. The van der Waals surface area contributed by atoms with Gasteiger partial charge < -0.3 is 24.4 Å². The number of carbonyl (C=O) groups excluding carboxylic acids is 1. The van der Waals surface area contributed by atoms with Crippen LogP contribution in [0.5, 0.6) is 5.75 Å². The molecule has 6 nitrogen and oxygen atoms in total. The van der Waals surface area contributed by atoms with Gasteiger partial charge in [-0.3, -0.25) is 4.79 Å². The van der Waals surface area contributed by atoms with Gasteiger partial charge in [0.2, 0.25) is 0 Å². The molecule has 1 aliphatic heterocycles. The Kier molecular flexibility index (Phi) is 7.23. The van der Waals surface area contributed by atoms with Crippen LogP contribution in [-0.2, 0) is 4.74 Å². The van der Waals surface area contributed by atoms with Crippen LogP contribution in [0.2, 0.25) is 0 Å². The van der Waals surface area contributed by atoms with E-state index in [4.69, 9.17) is 9.47 Å². The molecule has 1 aromatic carbocycles. The zero-order chi connectivity index (χ0) is 18.4. The van der Waals surface area contributed by atoms with Crippen LogP contribution in [0.15, 0.2) is 18.2 Å². The third-order valence-corrected chi connectivity index (χ3v) is 4.99. The van der Waals surface area contributed by atoms with Crippen molar-refractivity contribution in [2.24, 2.45) is 11.8 Å². The number of aliphatic hydroxyl groups is 1. The van der Waals surface area contributed by atoms with Crippen LogP contribution < -0.4 is 4.74 Å². The molecule has 6 heteroatoms. The summed E-state index contributed by atoms with van der Waals surface area (Å²) in [5.74, 6) is 1.17. The van der Waals surface area contributed by atoms with E-state index < -0.39 is 0 Å². The maximum absolute atomic E-state index is 12.9. The van der Waals surface area contributed by atoms with Crippen molar-refractivity contribution in [3.8, 4) is 5.75 Å². The molecule has 0 radical (unpaired) electrons. The molecule has 1 amide bonds. The molecule has 0 aromatic heterocycles. The number of benzene rings is 1. The first kappa shape index (κ1) is 19.7. The van der Waals surface area contributed by atoms with E-state index in [2.05, 4.69) is 4.90 Å². The third kappa shape index (κ3) is 4.93. The zero-order valence-corrected chi connectivity index (χ0v) is 15.7. The van der Waals surface area contributed by atoms with Crippen molar-refractivity contribution in [1.82, 2.24) is 9.80 Å². The van der Waals surface area contributed by atoms with E-state index in [1.165, 1.54) is 0 Å². The van der Waals surface area contributed by atoms with E-state index in [0.29, 0.717) is 25.3 Å². The van der Waals surface area contributed by atoms with Gasteiger partial charge in [-0.15, -0.1) is 0 Å². The average molecular weight is 350 g/mol. The van der Waals surface area contributed by atoms with Gasteiger partial charge in [0.1, 0.15) is 5.75 Å². The summed E-state index contributed by atoms with van der Waals surface area (Å²) in [6.07, 6.45) is 0. The number of aryl methyl sites for hydroxylation is 1. The highest BCUT2D eigenvalue weighted by Gasteiger charge is 2.35. The number of rotatable bonds is 8. The number of hydrogen-bond acceptors (Lipinski definition) is 5. The number of ether oxygens (including phenoxy) is 2. The van der Waals surface area contributed by atoms with Gasteiger partial charge in [-0.1, -0.05) is 0 Å². The van der Waals surface area contributed by atoms with Gasteiger partial charge in [-0.2, -0.15) is 0 Å². The van der Waals surface area contributed by atoms with Gasteiger partial charge in [0.25, 0.3) is 5.91 Å². The second kappa shape index (κ2) is 9.17. The summed E-state index contributed by atoms with van der Waals surface area (Å²) >= 11 is 0. The molecule has 25 heavy (non-hydrogen) atoms. The quantitative estimate of drug-likeness (QED) is 0.765. The van der Waals surface area contributed by atoms with Crippen molar-refractivity contribution in [1.29, 1.82) is 0 Å². The fourth-order valence-electron chi connectivity index (χ4n) is 3.43. The fraction of sp³-hybridized carbons (Fsp3) is 0.632. The summed E-state index contributed by atoms with van der Waals surface area (Å²) in [6.45, 7) is 5.67. The monoisotopic (exact) mass is 350 g/mol. The van der Waals surface area contributed by atoms with Gasteiger partial charge in [0, 0.05) is 51.4 Å². The topological polar surface area (TPSA) is 62.2 Å². The fourth-order valence-corrected chi connectivity index (χ4v) is 3.43. The Hall–Kier alpha value is -1.63. The summed E-state index contributed by atoms with van der Waals surface area (Å²) in [7, 11) is 5.36. The molecule has 1 fully saturated rings. The summed E-state index contributed by atoms with van der Waals surface area (Å²) in [4.78, 5) is 17.0. The summed E-state index contributed by atoms with van der Waals surface area (Å²) in [5.41, 5.74) is 1.61. The lowest BCUT2D eigenvalue weighted by molar-refractivity contribution is 0.0778. The Morgan fingerprint density at radius 2 is 2.04 bits per heavy atom. The van der Waals surface area contributed by atoms with Gasteiger partial charge in [0.05, 0.1) is 13.7 Å². The predicted molar refractivity (Wildman–Crippen MR) is 97.1 cm³/mol. The van der Waals surface area contributed by atoms with E-state index in [9.17, 15) is 9.90 Å². The molecule has 1 aliphatic rings. The minimum Gasteiger partial charge on any atom is -0.497 e. The first-order chi connectivity index (χ1) is 12.0. The number of amides is 1. The van der Waals surface area contributed by atoms with Crippen molar-refractivity contribution >= 4 is 5.91 Å². The number of nitrogens with zero attached hydrogens (tertiary/aromatic N) is 2. The van der Waals surface area contributed by atoms with Gasteiger partial charge in [0.15, 0.2) is 0 Å². The first-order valence-electron chi connectivity index (χ1n) is 8.72. The molecule has 140 valence electrons. The number of methoxy groups -OCH3 is 2. The molecule has 0 saturated carbocycles. The van der Waals surface area contributed by atoms with E-state index in [1.807, 2.05) is 37.1 Å². The highest BCUT2D eigenvalue weighted by molar-refractivity contribution is 5.96.